The summed E-state index contributed by atoms with van der Waals surface area (Å²) in [4.78, 5) is 0. The van der Waals surface area contributed by atoms with Crippen molar-refractivity contribution in [3.05, 3.63) is 12.7 Å². The van der Waals surface area contributed by atoms with Crippen molar-refractivity contribution >= 4 is 0 Å². The van der Waals surface area contributed by atoms with Crippen LogP contribution in [0.4, 0.5) is 0 Å². The first-order valence-electron chi connectivity index (χ1n) is 6.80. The van der Waals surface area contributed by atoms with Crippen LogP contribution in [0.3, 0.4) is 0 Å². The molecule has 0 amide bonds. The molecule has 0 radical (unpaired) electrons. The zero-order valence-electron chi connectivity index (χ0n) is 11.4. The molecule has 0 spiro atoms. The molecule has 1 aliphatic rings. The Labute approximate surface area is 101 Å². The molecule has 0 saturated heterocycles. The largest absolute Gasteiger partial charge is 0.389 e. The van der Waals surface area contributed by atoms with Gasteiger partial charge in [0, 0.05) is 5.92 Å². The predicted octanol–water partition coefficient (Wildman–Crippen LogP) is 4.02. The lowest BCUT2D eigenvalue weighted by molar-refractivity contribution is -0.108. The second kappa shape index (κ2) is 5.35. The highest BCUT2D eigenvalue weighted by molar-refractivity contribution is 5.02. The van der Waals surface area contributed by atoms with Crippen LogP contribution < -0.4 is 0 Å². The van der Waals surface area contributed by atoms with Crippen molar-refractivity contribution in [2.45, 2.75) is 59.0 Å². The Balaban J connectivity index is 2.91. The Morgan fingerprint density at radius 2 is 2.06 bits per heavy atom. The van der Waals surface area contributed by atoms with Gasteiger partial charge in [0.1, 0.15) is 0 Å². The van der Waals surface area contributed by atoms with Crippen molar-refractivity contribution in [2.24, 2.45) is 23.7 Å². The molecule has 1 rings (SSSR count). The molecule has 0 bridgehead atoms. The van der Waals surface area contributed by atoms with Gasteiger partial charge in [-0.15, -0.1) is 6.58 Å². The van der Waals surface area contributed by atoms with Gasteiger partial charge in [-0.3, -0.25) is 0 Å². The van der Waals surface area contributed by atoms with Gasteiger partial charge in [0.15, 0.2) is 0 Å². The summed E-state index contributed by atoms with van der Waals surface area (Å²) in [6.45, 7) is 12.7. The van der Waals surface area contributed by atoms with E-state index < -0.39 is 5.60 Å². The molecule has 5 unspecified atom stereocenters. The third kappa shape index (κ3) is 2.51. The molecule has 1 saturated carbocycles. The lowest BCUT2D eigenvalue weighted by atomic mass is 9.62. The van der Waals surface area contributed by atoms with Gasteiger partial charge in [0.05, 0.1) is 5.60 Å². The Hall–Kier alpha value is -0.300. The maximum absolute atomic E-state index is 11.0. The molecule has 5 atom stereocenters. The van der Waals surface area contributed by atoms with E-state index in [1.807, 2.05) is 6.08 Å². The molecule has 16 heavy (non-hydrogen) atoms. The highest BCUT2D eigenvalue weighted by Gasteiger charge is 2.45. The molecule has 0 aliphatic heterocycles. The van der Waals surface area contributed by atoms with E-state index >= 15 is 0 Å². The zero-order chi connectivity index (χ0) is 12.3. The summed E-state index contributed by atoms with van der Waals surface area (Å²) < 4.78 is 0. The fraction of sp³-hybridized carbons (Fsp3) is 0.867. The van der Waals surface area contributed by atoms with Crippen molar-refractivity contribution in [2.75, 3.05) is 0 Å². The minimum Gasteiger partial charge on any atom is -0.389 e. The molecule has 0 aromatic heterocycles. The van der Waals surface area contributed by atoms with Crippen LogP contribution >= 0.6 is 0 Å². The third-order valence-corrected chi connectivity index (χ3v) is 4.76. The first-order chi connectivity index (χ1) is 7.45. The van der Waals surface area contributed by atoms with E-state index in [0.717, 1.165) is 12.8 Å². The average Bonchev–Trinajstić information content (AvgIpc) is 2.27. The van der Waals surface area contributed by atoms with Crippen LogP contribution in [0.5, 0.6) is 0 Å². The van der Waals surface area contributed by atoms with Gasteiger partial charge in [0.25, 0.3) is 0 Å². The smallest absolute Gasteiger partial charge is 0.0740 e. The van der Waals surface area contributed by atoms with E-state index in [2.05, 4.69) is 34.3 Å². The summed E-state index contributed by atoms with van der Waals surface area (Å²) in [6.07, 6.45) is 6.46. The lowest BCUT2D eigenvalue weighted by Crippen LogP contribution is -2.50. The van der Waals surface area contributed by atoms with Gasteiger partial charge >= 0.3 is 0 Å². The Bertz CT molecular complexity index is 236. The SMILES string of the molecule is C=CC(C)C1(O)CC(C)CCC1C(C)CC. The zero-order valence-corrected chi connectivity index (χ0v) is 11.4. The Kier molecular flexibility index (Phi) is 4.61. The van der Waals surface area contributed by atoms with Crippen molar-refractivity contribution in [3.63, 3.8) is 0 Å². The van der Waals surface area contributed by atoms with Gasteiger partial charge in [-0.05, 0) is 30.6 Å². The van der Waals surface area contributed by atoms with Crippen LogP contribution in [0.2, 0.25) is 0 Å². The average molecular weight is 224 g/mol. The number of hydrogen-bond acceptors (Lipinski definition) is 1. The van der Waals surface area contributed by atoms with Crippen LogP contribution in [-0.4, -0.2) is 10.7 Å². The van der Waals surface area contributed by atoms with Gasteiger partial charge < -0.3 is 5.11 Å². The summed E-state index contributed by atoms with van der Waals surface area (Å²) in [7, 11) is 0. The van der Waals surface area contributed by atoms with E-state index in [9.17, 15) is 5.11 Å². The first-order valence-corrected chi connectivity index (χ1v) is 6.80. The van der Waals surface area contributed by atoms with Crippen molar-refractivity contribution < 1.29 is 5.11 Å². The van der Waals surface area contributed by atoms with Gasteiger partial charge in [-0.1, -0.05) is 46.6 Å². The number of aliphatic hydroxyl groups is 1. The Morgan fingerprint density at radius 1 is 1.44 bits per heavy atom. The van der Waals surface area contributed by atoms with Gasteiger partial charge in [-0.25, -0.2) is 0 Å². The van der Waals surface area contributed by atoms with Crippen LogP contribution in [0.25, 0.3) is 0 Å². The maximum atomic E-state index is 11.0. The van der Waals surface area contributed by atoms with Crippen molar-refractivity contribution in [1.82, 2.24) is 0 Å². The molecule has 1 aliphatic carbocycles. The van der Waals surface area contributed by atoms with E-state index in [4.69, 9.17) is 0 Å². The summed E-state index contributed by atoms with van der Waals surface area (Å²) in [5, 5.41) is 11.0. The van der Waals surface area contributed by atoms with Crippen molar-refractivity contribution in [3.8, 4) is 0 Å². The molecular formula is C15H28O. The third-order valence-electron chi connectivity index (χ3n) is 4.76. The first kappa shape index (κ1) is 13.8. The maximum Gasteiger partial charge on any atom is 0.0740 e. The van der Waals surface area contributed by atoms with Gasteiger partial charge in [-0.2, -0.15) is 0 Å². The summed E-state index contributed by atoms with van der Waals surface area (Å²) in [5.41, 5.74) is -0.519. The highest BCUT2D eigenvalue weighted by atomic mass is 16.3. The summed E-state index contributed by atoms with van der Waals surface area (Å²) in [5.74, 6) is 1.91. The van der Waals surface area contributed by atoms with E-state index in [1.165, 1.54) is 12.8 Å². The molecule has 0 aromatic rings. The minimum atomic E-state index is -0.519. The molecule has 1 heteroatoms. The highest BCUT2D eigenvalue weighted by Crippen LogP contribution is 2.46. The van der Waals surface area contributed by atoms with Crippen LogP contribution in [0.1, 0.15) is 53.4 Å². The molecule has 1 N–H and O–H groups in total. The summed E-state index contributed by atoms with van der Waals surface area (Å²) >= 11 is 0. The second-order valence-corrected chi connectivity index (χ2v) is 5.89. The fourth-order valence-electron chi connectivity index (χ4n) is 3.32. The normalized spacial score (nSPS) is 39.1. The van der Waals surface area contributed by atoms with Gasteiger partial charge in [0.2, 0.25) is 0 Å². The van der Waals surface area contributed by atoms with E-state index in [0.29, 0.717) is 17.8 Å². The molecule has 0 heterocycles. The van der Waals surface area contributed by atoms with E-state index in [1.54, 1.807) is 0 Å². The molecule has 1 nitrogen and oxygen atoms in total. The fourth-order valence-corrected chi connectivity index (χ4v) is 3.32. The lowest BCUT2D eigenvalue weighted by Gasteiger charge is -2.48. The number of rotatable bonds is 4. The Morgan fingerprint density at radius 3 is 2.56 bits per heavy atom. The molecule has 0 aromatic carbocycles. The topological polar surface area (TPSA) is 20.2 Å². The molecular weight excluding hydrogens is 196 g/mol. The van der Waals surface area contributed by atoms with Crippen LogP contribution in [0, 0.1) is 23.7 Å². The standard InChI is InChI=1S/C15H28O/c1-6-12(4)14-9-8-11(3)10-15(14,16)13(5)7-2/h7,11-14,16H,2,6,8-10H2,1,3-5H3. The predicted molar refractivity (Wildman–Crippen MR) is 70.3 cm³/mol. The second-order valence-electron chi connectivity index (χ2n) is 5.89. The summed E-state index contributed by atoms with van der Waals surface area (Å²) in [6, 6.07) is 0. The molecule has 1 fully saturated rings. The van der Waals surface area contributed by atoms with Crippen LogP contribution in [0.15, 0.2) is 12.7 Å². The minimum absolute atomic E-state index is 0.203. The molecule has 94 valence electrons. The number of hydrogen-bond donors (Lipinski definition) is 1. The quantitative estimate of drug-likeness (QED) is 0.715. The monoisotopic (exact) mass is 224 g/mol. The van der Waals surface area contributed by atoms with E-state index in [-0.39, 0.29) is 5.92 Å². The van der Waals surface area contributed by atoms with Crippen LogP contribution in [-0.2, 0) is 0 Å². The van der Waals surface area contributed by atoms with Crippen molar-refractivity contribution in [1.29, 1.82) is 0 Å².